The van der Waals surface area contributed by atoms with Gasteiger partial charge in [-0.15, -0.1) is 0 Å². The molecule has 0 fully saturated rings. The minimum atomic E-state index is 0.876. The Morgan fingerprint density at radius 3 is 1.50 bits per heavy atom. The summed E-state index contributed by atoms with van der Waals surface area (Å²) in [7, 11) is 0. The Kier molecular flexibility index (Phi) is 7.53. The van der Waals surface area contributed by atoms with Gasteiger partial charge in [-0.2, -0.15) is 0 Å². The van der Waals surface area contributed by atoms with Crippen LogP contribution in [0.2, 0.25) is 0 Å². The minimum absolute atomic E-state index is 0.876. The van der Waals surface area contributed by atoms with Gasteiger partial charge in [-0.05, 0) is 87.0 Å². The summed E-state index contributed by atoms with van der Waals surface area (Å²) < 4.78 is 6.31. The van der Waals surface area contributed by atoms with E-state index in [2.05, 4.69) is 193 Å². The standard InChI is InChI=1S/C48H33NO/c1-4-16-34(17-5-1)39-22-10-11-23-42(39)47-40(35-18-6-2-7-19-35)25-14-26-41(47)36-30-32-38(33-31-36)49(37-20-8-3-9-21-37)44-27-15-29-46-48(44)43-24-12-13-28-45(43)50-46/h1-33H. The highest BCUT2D eigenvalue weighted by Crippen LogP contribution is 2.46. The summed E-state index contributed by atoms with van der Waals surface area (Å²) in [6.07, 6.45) is 0. The Morgan fingerprint density at radius 2 is 0.800 bits per heavy atom. The lowest BCUT2D eigenvalue weighted by atomic mass is 9.84. The van der Waals surface area contributed by atoms with E-state index < -0.39 is 0 Å². The van der Waals surface area contributed by atoms with Crippen LogP contribution in [0.1, 0.15) is 0 Å². The van der Waals surface area contributed by atoms with Crippen molar-refractivity contribution in [2.45, 2.75) is 0 Å². The molecule has 8 aromatic carbocycles. The van der Waals surface area contributed by atoms with Crippen molar-refractivity contribution in [2.24, 2.45) is 0 Å². The maximum Gasteiger partial charge on any atom is 0.137 e. The Hall–Kier alpha value is -6.64. The molecule has 1 aromatic heterocycles. The van der Waals surface area contributed by atoms with Gasteiger partial charge < -0.3 is 9.32 Å². The number of fused-ring (bicyclic) bond motifs is 3. The van der Waals surface area contributed by atoms with Crippen LogP contribution >= 0.6 is 0 Å². The average molecular weight is 640 g/mol. The van der Waals surface area contributed by atoms with E-state index >= 15 is 0 Å². The number of rotatable bonds is 7. The van der Waals surface area contributed by atoms with E-state index in [1.165, 1.54) is 38.9 Å². The Bertz CT molecular complexity index is 2570. The van der Waals surface area contributed by atoms with Gasteiger partial charge in [0.15, 0.2) is 0 Å². The number of anilines is 3. The molecule has 236 valence electrons. The van der Waals surface area contributed by atoms with Crippen LogP contribution in [0.3, 0.4) is 0 Å². The van der Waals surface area contributed by atoms with Crippen LogP contribution in [0, 0.1) is 0 Å². The fourth-order valence-electron chi connectivity index (χ4n) is 7.25. The molecule has 0 saturated heterocycles. The molecule has 2 heteroatoms. The monoisotopic (exact) mass is 639 g/mol. The molecule has 0 saturated carbocycles. The predicted octanol–water partition coefficient (Wildman–Crippen LogP) is 13.7. The first-order valence-corrected chi connectivity index (χ1v) is 17.0. The van der Waals surface area contributed by atoms with Crippen LogP contribution in [0.4, 0.5) is 17.1 Å². The van der Waals surface area contributed by atoms with Crippen LogP contribution in [0.25, 0.3) is 66.4 Å². The maximum atomic E-state index is 6.31. The highest BCUT2D eigenvalue weighted by atomic mass is 16.3. The average Bonchev–Trinajstić information content (AvgIpc) is 3.59. The SMILES string of the molecule is c1ccc(-c2ccccc2-c2c(-c3ccccc3)cccc2-c2ccc(N(c3ccccc3)c3cccc4oc5ccccc5c34)cc2)cc1. The van der Waals surface area contributed by atoms with Crippen LogP contribution in [-0.4, -0.2) is 0 Å². The Morgan fingerprint density at radius 1 is 0.320 bits per heavy atom. The fraction of sp³-hybridized carbons (Fsp3) is 0. The first kappa shape index (κ1) is 29.5. The summed E-state index contributed by atoms with van der Waals surface area (Å²) in [6, 6.07) is 71.1. The maximum absolute atomic E-state index is 6.31. The molecule has 9 rings (SSSR count). The molecule has 1 heterocycles. The van der Waals surface area contributed by atoms with Crippen LogP contribution in [0.15, 0.2) is 205 Å². The highest BCUT2D eigenvalue weighted by molar-refractivity contribution is 6.13. The zero-order chi connectivity index (χ0) is 33.3. The second kappa shape index (κ2) is 12.8. The second-order valence-electron chi connectivity index (χ2n) is 12.5. The quantitative estimate of drug-likeness (QED) is 0.173. The van der Waals surface area contributed by atoms with Gasteiger partial charge in [0, 0.05) is 16.8 Å². The Labute approximate surface area is 292 Å². The molecule has 0 aliphatic heterocycles. The van der Waals surface area contributed by atoms with Crippen LogP contribution in [-0.2, 0) is 0 Å². The van der Waals surface area contributed by atoms with Crippen molar-refractivity contribution in [3.8, 4) is 44.5 Å². The zero-order valence-corrected chi connectivity index (χ0v) is 27.4. The predicted molar refractivity (Wildman–Crippen MR) is 210 cm³/mol. The van der Waals surface area contributed by atoms with E-state index in [-0.39, 0.29) is 0 Å². The molecule has 2 nitrogen and oxygen atoms in total. The van der Waals surface area contributed by atoms with Crippen molar-refractivity contribution < 1.29 is 4.42 Å². The third-order valence-corrected chi connectivity index (χ3v) is 9.50. The summed E-state index contributed by atoms with van der Waals surface area (Å²) in [4.78, 5) is 2.33. The number of hydrogen-bond donors (Lipinski definition) is 0. The van der Waals surface area contributed by atoms with Crippen molar-refractivity contribution in [2.75, 3.05) is 4.90 Å². The number of furan rings is 1. The molecule has 0 bridgehead atoms. The first-order valence-electron chi connectivity index (χ1n) is 17.0. The Balaban J connectivity index is 1.23. The number of hydrogen-bond acceptors (Lipinski definition) is 2. The fourth-order valence-corrected chi connectivity index (χ4v) is 7.25. The lowest BCUT2D eigenvalue weighted by Gasteiger charge is -2.26. The van der Waals surface area contributed by atoms with E-state index in [1.807, 2.05) is 12.1 Å². The van der Waals surface area contributed by atoms with Crippen molar-refractivity contribution in [3.05, 3.63) is 200 Å². The van der Waals surface area contributed by atoms with E-state index in [9.17, 15) is 0 Å². The van der Waals surface area contributed by atoms with Crippen molar-refractivity contribution in [1.82, 2.24) is 0 Å². The van der Waals surface area contributed by atoms with E-state index in [4.69, 9.17) is 4.42 Å². The summed E-state index contributed by atoms with van der Waals surface area (Å²) in [5.41, 5.74) is 14.6. The molecule has 0 N–H and O–H groups in total. The lowest BCUT2D eigenvalue weighted by molar-refractivity contribution is 0.669. The van der Waals surface area contributed by atoms with Crippen molar-refractivity contribution in [1.29, 1.82) is 0 Å². The van der Waals surface area contributed by atoms with Gasteiger partial charge in [-0.3, -0.25) is 0 Å². The summed E-state index contributed by atoms with van der Waals surface area (Å²) in [5.74, 6) is 0. The number of benzene rings is 8. The molecule has 0 radical (unpaired) electrons. The van der Waals surface area contributed by atoms with Crippen LogP contribution in [0.5, 0.6) is 0 Å². The van der Waals surface area contributed by atoms with E-state index in [0.29, 0.717) is 0 Å². The van der Waals surface area contributed by atoms with E-state index in [0.717, 1.165) is 44.6 Å². The topological polar surface area (TPSA) is 16.4 Å². The number of para-hydroxylation sites is 2. The molecule has 0 atom stereocenters. The third-order valence-electron chi connectivity index (χ3n) is 9.50. The molecule has 0 unspecified atom stereocenters. The highest BCUT2D eigenvalue weighted by Gasteiger charge is 2.21. The molecule has 9 aromatic rings. The normalized spacial score (nSPS) is 11.2. The lowest BCUT2D eigenvalue weighted by Crippen LogP contribution is -2.10. The molecule has 0 aliphatic carbocycles. The van der Waals surface area contributed by atoms with Gasteiger partial charge in [0.2, 0.25) is 0 Å². The molecule has 0 amide bonds. The van der Waals surface area contributed by atoms with Gasteiger partial charge in [-0.25, -0.2) is 0 Å². The molecule has 50 heavy (non-hydrogen) atoms. The summed E-state index contributed by atoms with van der Waals surface area (Å²) >= 11 is 0. The van der Waals surface area contributed by atoms with Crippen LogP contribution < -0.4 is 4.90 Å². The van der Waals surface area contributed by atoms with Crippen molar-refractivity contribution >= 4 is 39.0 Å². The smallest absolute Gasteiger partial charge is 0.137 e. The first-order chi connectivity index (χ1) is 24.8. The van der Waals surface area contributed by atoms with Gasteiger partial charge in [0.25, 0.3) is 0 Å². The van der Waals surface area contributed by atoms with Gasteiger partial charge in [-0.1, -0.05) is 158 Å². The minimum Gasteiger partial charge on any atom is -0.456 e. The van der Waals surface area contributed by atoms with Gasteiger partial charge in [0.05, 0.1) is 11.1 Å². The number of nitrogens with zero attached hydrogens (tertiary/aromatic N) is 1. The van der Waals surface area contributed by atoms with Gasteiger partial charge >= 0.3 is 0 Å². The summed E-state index contributed by atoms with van der Waals surface area (Å²) in [6.45, 7) is 0. The van der Waals surface area contributed by atoms with E-state index in [1.54, 1.807) is 0 Å². The second-order valence-corrected chi connectivity index (χ2v) is 12.5. The van der Waals surface area contributed by atoms with Crippen molar-refractivity contribution in [3.63, 3.8) is 0 Å². The molecular weight excluding hydrogens is 607 g/mol. The summed E-state index contributed by atoms with van der Waals surface area (Å²) in [5, 5.41) is 2.21. The third kappa shape index (κ3) is 5.24. The molecule has 0 spiro atoms. The molecule has 0 aliphatic rings. The van der Waals surface area contributed by atoms with Gasteiger partial charge in [0.1, 0.15) is 11.2 Å². The largest absolute Gasteiger partial charge is 0.456 e. The zero-order valence-electron chi connectivity index (χ0n) is 27.4. The molecular formula is C48H33NO.